The van der Waals surface area contributed by atoms with Gasteiger partial charge in [-0.15, -0.1) is 5.10 Å². The number of thiocarbonyl (C=S) groups is 1. The van der Waals surface area contributed by atoms with Gasteiger partial charge in [0.15, 0.2) is 5.82 Å². The molecule has 0 saturated heterocycles. The summed E-state index contributed by atoms with van der Waals surface area (Å²) in [5.74, 6) is 1.87. The van der Waals surface area contributed by atoms with E-state index in [1.54, 1.807) is 0 Å². The molecule has 112 valence electrons. The lowest BCUT2D eigenvalue weighted by molar-refractivity contribution is 0.265. The zero-order valence-electron chi connectivity index (χ0n) is 12.7. The number of hydrogen-bond donors (Lipinski definition) is 0. The number of tetrazole rings is 1. The molecule has 1 heterocycles. The first kappa shape index (κ1) is 15.4. The SMILES string of the molecule is CC1CCC(n2nnnc2CCCC(=S)N(C)C)CC1. The average molecular weight is 295 g/mol. The molecule has 1 aliphatic rings. The second-order valence-corrected chi connectivity index (χ2v) is 6.57. The van der Waals surface area contributed by atoms with Crippen molar-refractivity contribution in [1.29, 1.82) is 0 Å². The summed E-state index contributed by atoms with van der Waals surface area (Å²) < 4.78 is 2.06. The van der Waals surface area contributed by atoms with Crippen LogP contribution in [0.2, 0.25) is 0 Å². The normalized spacial score (nSPS) is 22.8. The zero-order chi connectivity index (χ0) is 14.5. The lowest BCUT2D eigenvalue weighted by Gasteiger charge is -2.26. The molecule has 0 atom stereocenters. The topological polar surface area (TPSA) is 46.8 Å². The first-order valence-electron chi connectivity index (χ1n) is 7.55. The van der Waals surface area contributed by atoms with Crippen LogP contribution in [0.15, 0.2) is 0 Å². The first-order chi connectivity index (χ1) is 9.58. The van der Waals surface area contributed by atoms with E-state index in [1.807, 2.05) is 19.0 Å². The largest absolute Gasteiger partial charge is 0.372 e. The van der Waals surface area contributed by atoms with Gasteiger partial charge in [-0.25, -0.2) is 4.68 Å². The van der Waals surface area contributed by atoms with Crippen LogP contribution in [0.1, 0.15) is 57.3 Å². The highest BCUT2D eigenvalue weighted by molar-refractivity contribution is 7.80. The maximum Gasteiger partial charge on any atom is 0.151 e. The van der Waals surface area contributed by atoms with Crippen molar-refractivity contribution in [2.24, 2.45) is 5.92 Å². The molecule has 0 amide bonds. The highest BCUT2D eigenvalue weighted by Gasteiger charge is 2.22. The van der Waals surface area contributed by atoms with Gasteiger partial charge in [0, 0.05) is 20.5 Å². The summed E-state index contributed by atoms with van der Waals surface area (Å²) in [6.07, 6.45) is 7.83. The standard InChI is InChI=1S/C14H25N5S/c1-11-7-9-12(10-8-11)19-13(15-16-17-19)5-4-6-14(20)18(2)3/h11-12H,4-10H2,1-3H3. The van der Waals surface area contributed by atoms with E-state index in [1.165, 1.54) is 25.7 Å². The van der Waals surface area contributed by atoms with Gasteiger partial charge in [0.25, 0.3) is 0 Å². The van der Waals surface area contributed by atoms with Crippen LogP contribution >= 0.6 is 12.2 Å². The Kier molecular flexibility index (Phi) is 5.46. The number of aryl methyl sites for hydroxylation is 1. The monoisotopic (exact) mass is 295 g/mol. The molecule has 5 nitrogen and oxygen atoms in total. The fourth-order valence-electron chi connectivity index (χ4n) is 2.77. The highest BCUT2D eigenvalue weighted by atomic mass is 32.1. The summed E-state index contributed by atoms with van der Waals surface area (Å²) in [6.45, 7) is 2.33. The summed E-state index contributed by atoms with van der Waals surface area (Å²) >= 11 is 5.31. The van der Waals surface area contributed by atoms with Crippen molar-refractivity contribution in [2.45, 2.75) is 57.9 Å². The van der Waals surface area contributed by atoms with Crippen LogP contribution in [-0.2, 0) is 6.42 Å². The molecule has 1 aromatic heterocycles. The third kappa shape index (κ3) is 3.98. The molecule has 0 aromatic carbocycles. The molecule has 1 fully saturated rings. The van der Waals surface area contributed by atoms with Crippen LogP contribution in [0.5, 0.6) is 0 Å². The molecule has 1 aromatic rings. The van der Waals surface area contributed by atoms with Crippen molar-refractivity contribution < 1.29 is 0 Å². The number of hydrogen-bond acceptors (Lipinski definition) is 4. The Hall–Kier alpha value is -1.04. The molecule has 0 aliphatic heterocycles. The molecule has 0 unspecified atom stereocenters. The van der Waals surface area contributed by atoms with E-state index in [2.05, 4.69) is 27.1 Å². The van der Waals surface area contributed by atoms with Gasteiger partial charge in [0.05, 0.1) is 11.0 Å². The fourth-order valence-corrected chi connectivity index (χ4v) is 2.91. The van der Waals surface area contributed by atoms with Gasteiger partial charge in [-0.05, 0) is 54.9 Å². The van der Waals surface area contributed by atoms with E-state index < -0.39 is 0 Å². The Morgan fingerprint density at radius 3 is 2.65 bits per heavy atom. The average Bonchev–Trinajstić information content (AvgIpc) is 2.88. The van der Waals surface area contributed by atoms with E-state index in [4.69, 9.17) is 12.2 Å². The minimum absolute atomic E-state index is 0.497. The van der Waals surface area contributed by atoms with Gasteiger partial charge in [0.2, 0.25) is 0 Å². The first-order valence-corrected chi connectivity index (χ1v) is 7.95. The van der Waals surface area contributed by atoms with Crippen molar-refractivity contribution >= 4 is 17.2 Å². The highest BCUT2D eigenvalue weighted by Crippen LogP contribution is 2.31. The van der Waals surface area contributed by atoms with Gasteiger partial charge < -0.3 is 4.90 Å². The Labute approximate surface area is 126 Å². The molecule has 6 heteroatoms. The summed E-state index contributed by atoms with van der Waals surface area (Å²) in [4.78, 5) is 3.00. The summed E-state index contributed by atoms with van der Waals surface area (Å²) in [5.41, 5.74) is 0. The quantitative estimate of drug-likeness (QED) is 0.782. The van der Waals surface area contributed by atoms with Crippen molar-refractivity contribution in [3.05, 3.63) is 5.82 Å². The molecule has 0 radical (unpaired) electrons. The Morgan fingerprint density at radius 2 is 2.00 bits per heavy atom. The molecule has 1 aliphatic carbocycles. The van der Waals surface area contributed by atoms with E-state index in [-0.39, 0.29) is 0 Å². The van der Waals surface area contributed by atoms with Crippen molar-refractivity contribution in [3.8, 4) is 0 Å². The molecule has 1 saturated carbocycles. The molecule has 20 heavy (non-hydrogen) atoms. The van der Waals surface area contributed by atoms with Gasteiger partial charge >= 0.3 is 0 Å². The third-order valence-electron chi connectivity index (χ3n) is 4.18. The van der Waals surface area contributed by atoms with Crippen LogP contribution in [0.3, 0.4) is 0 Å². The number of aromatic nitrogens is 4. The predicted octanol–water partition coefficient (Wildman–Crippen LogP) is 2.64. The Bertz CT molecular complexity index is 435. The summed E-state index contributed by atoms with van der Waals surface area (Å²) in [7, 11) is 3.99. The lowest BCUT2D eigenvalue weighted by Crippen LogP contribution is -2.21. The molecular weight excluding hydrogens is 270 g/mol. The van der Waals surface area contributed by atoms with Gasteiger partial charge in [0.1, 0.15) is 0 Å². The number of nitrogens with zero attached hydrogens (tertiary/aromatic N) is 5. The van der Waals surface area contributed by atoms with Crippen LogP contribution in [0, 0.1) is 5.92 Å². The molecule has 0 bridgehead atoms. The van der Waals surface area contributed by atoms with Gasteiger partial charge in [-0.2, -0.15) is 0 Å². The molecule has 2 rings (SSSR count). The molecule has 0 N–H and O–H groups in total. The van der Waals surface area contributed by atoms with Crippen LogP contribution < -0.4 is 0 Å². The number of rotatable bonds is 5. The van der Waals surface area contributed by atoms with Crippen LogP contribution in [-0.4, -0.2) is 44.2 Å². The Balaban J connectivity index is 1.87. The van der Waals surface area contributed by atoms with Crippen LogP contribution in [0.4, 0.5) is 0 Å². The van der Waals surface area contributed by atoms with E-state index in [0.717, 1.165) is 36.0 Å². The Morgan fingerprint density at radius 1 is 1.30 bits per heavy atom. The maximum absolute atomic E-state index is 5.31. The smallest absolute Gasteiger partial charge is 0.151 e. The van der Waals surface area contributed by atoms with Crippen LogP contribution in [0.25, 0.3) is 0 Å². The second-order valence-electron chi connectivity index (χ2n) is 6.10. The fraction of sp³-hybridized carbons (Fsp3) is 0.857. The van der Waals surface area contributed by atoms with E-state index >= 15 is 0 Å². The van der Waals surface area contributed by atoms with Gasteiger partial charge in [-0.1, -0.05) is 19.1 Å². The summed E-state index contributed by atoms with van der Waals surface area (Å²) in [5, 5.41) is 12.3. The van der Waals surface area contributed by atoms with Gasteiger partial charge in [-0.3, -0.25) is 0 Å². The zero-order valence-corrected chi connectivity index (χ0v) is 13.6. The maximum atomic E-state index is 5.31. The molecule has 0 spiro atoms. The van der Waals surface area contributed by atoms with Crippen molar-refractivity contribution in [1.82, 2.24) is 25.1 Å². The van der Waals surface area contributed by atoms with Crippen molar-refractivity contribution in [3.63, 3.8) is 0 Å². The molecular formula is C14H25N5S. The summed E-state index contributed by atoms with van der Waals surface area (Å²) in [6, 6.07) is 0.497. The minimum Gasteiger partial charge on any atom is -0.372 e. The second kappa shape index (κ2) is 7.11. The van der Waals surface area contributed by atoms with E-state index in [0.29, 0.717) is 6.04 Å². The lowest BCUT2D eigenvalue weighted by atomic mass is 9.87. The third-order valence-corrected chi connectivity index (χ3v) is 4.75. The van der Waals surface area contributed by atoms with E-state index in [9.17, 15) is 0 Å². The minimum atomic E-state index is 0.497. The van der Waals surface area contributed by atoms with Crippen molar-refractivity contribution in [2.75, 3.05) is 14.1 Å². The predicted molar refractivity (Wildman–Crippen MR) is 83.7 cm³/mol.